The first kappa shape index (κ1) is 15.2. The fraction of sp³-hybridized carbons (Fsp3) is 0.538. The van der Waals surface area contributed by atoms with Crippen LogP contribution in [0.3, 0.4) is 0 Å². The first-order chi connectivity index (χ1) is 9.58. The van der Waals surface area contributed by atoms with E-state index in [-0.39, 0.29) is 18.5 Å². The van der Waals surface area contributed by atoms with Crippen LogP contribution in [0.2, 0.25) is 0 Å². The van der Waals surface area contributed by atoms with Gasteiger partial charge in [0.25, 0.3) is 5.56 Å². The highest BCUT2D eigenvalue weighted by molar-refractivity contribution is 9.10. The van der Waals surface area contributed by atoms with E-state index in [1.54, 1.807) is 10.6 Å². The van der Waals surface area contributed by atoms with E-state index in [1.165, 1.54) is 0 Å². The van der Waals surface area contributed by atoms with E-state index in [0.29, 0.717) is 17.4 Å². The van der Waals surface area contributed by atoms with Gasteiger partial charge >= 0.3 is 0 Å². The van der Waals surface area contributed by atoms with Crippen molar-refractivity contribution in [1.29, 1.82) is 0 Å². The lowest BCUT2D eigenvalue weighted by atomic mass is 10.1. The van der Waals surface area contributed by atoms with Crippen molar-refractivity contribution in [3.8, 4) is 0 Å². The van der Waals surface area contributed by atoms with Crippen molar-refractivity contribution in [3.05, 3.63) is 26.5 Å². The van der Waals surface area contributed by atoms with Crippen molar-refractivity contribution >= 4 is 27.5 Å². The second kappa shape index (κ2) is 6.51. The molecule has 1 aliphatic rings. The van der Waals surface area contributed by atoms with Gasteiger partial charge in [-0.3, -0.25) is 14.7 Å². The Morgan fingerprint density at radius 2 is 2.35 bits per heavy atom. The highest BCUT2D eigenvalue weighted by atomic mass is 79.9. The number of aliphatic hydroxyl groups is 1. The lowest BCUT2D eigenvalue weighted by Crippen LogP contribution is -2.41. The van der Waals surface area contributed by atoms with Crippen LogP contribution in [0.25, 0.3) is 0 Å². The van der Waals surface area contributed by atoms with Crippen molar-refractivity contribution < 1.29 is 5.11 Å². The van der Waals surface area contributed by atoms with Crippen LogP contribution < -0.4 is 16.2 Å². The highest BCUT2D eigenvalue weighted by Gasteiger charge is 2.22. The Balaban J connectivity index is 2.49. The summed E-state index contributed by atoms with van der Waals surface area (Å²) >= 11 is 3.30. The predicted octanol–water partition coefficient (Wildman–Crippen LogP) is 1.12. The SMILES string of the molecule is CCNC1N=C(C)c2cc(Br)c(=O)n(CCCO)c2N1. The molecule has 0 spiro atoms. The quantitative estimate of drug-likeness (QED) is 0.749. The molecule has 0 aliphatic carbocycles. The number of hydrogen-bond donors (Lipinski definition) is 3. The molecule has 1 aromatic heterocycles. The average Bonchev–Trinajstić information content (AvgIpc) is 2.41. The van der Waals surface area contributed by atoms with Gasteiger partial charge in [-0.05, 0) is 41.9 Å². The van der Waals surface area contributed by atoms with Gasteiger partial charge in [-0.15, -0.1) is 0 Å². The van der Waals surface area contributed by atoms with Crippen molar-refractivity contribution in [2.24, 2.45) is 4.99 Å². The lowest BCUT2D eigenvalue weighted by molar-refractivity contribution is 0.279. The molecule has 7 heteroatoms. The molecule has 1 atom stereocenters. The minimum atomic E-state index is -0.228. The number of nitrogens with one attached hydrogen (secondary N) is 2. The normalized spacial score (nSPS) is 17.4. The van der Waals surface area contributed by atoms with Crippen molar-refractivity contribution in [2.45, 2.75) is 33.1 Å². The van der Waals surface area contributed by atoms with E-state index in [2.05, 4.69) is 31.6 Å². The smallest absolute Gasteiger partial charge is 0.266 e. The van der Waals surface area contributed by atoms with Crippen LogP contribution >= 0.6 is 15.9 Å². The molecule has 1 aliphatic heterocycles. The minimum absolute atomic E-state index is 0.0530. The van der Waals surface area contributed by atoms with Gasteiger partial charge in [0, 0.05) is 24.4 Å². The predicted molar refractivity (Wildman–Crippen MR) is 83.4 cm³/mol. The van der Waals surface area contributed by atoms with Crippen LogP contribution in [-0.4, -0.2) is 34.8 Å². The van der Waals surface area contributed by atoms with Crippen molar-refractivity contribution in [2.75, 3.05) is 18.5 Å². The zero-order valence-corrected chi connectivity index (χ0v) is 13.2. The van der Waals surface area contributed by atoms with E-state index < -0.39 is 0 Å². The second-order valence-corrected chi connectivity index (χ2v) is 5.46. The van der Waals surface area contributed by atoms with Gasteiger partial charge < -0.3 is 10.4 Å². The summed E-state index contributed by atoms with van der Waals surface area (Å²) < 4.78 is 2.16. The Kier molecular flexibility index (Phi) is 4.95. The Bertz CT molecular complexity index is 582. The fourth-order valence-electron chi connectivity index (χ4n) is 2.22. The fourth-order valence-corrected chi connectivity index (χ4v) is 2.66. The topological polar surface area (TPSA) is 78.7 Å². The number of nitrogens with zero attached hydrogens (tertiary/aromatic N) is 2. The molecule has 0 bridgehead atoms. The molecule has 0 amide bonds. The third kappa shape index (κ3) is 2.94. The Morgan fingerprint density at radius 1 is 1.60 bits per heavy atom. The molecule has 20 heavy (non-hydrogen) atoms. The number of hydrogen-bond acceptors (Lipinski definition) is 5. The summed E-state index contributed by atoms with van der Waals surface area (Å²) in [4.78, 5) is 16.8. The van der Waals surface area contributed by atoms with E-state index in [1.807, 2.05) is 13.8 Å². The largest absolute Gasteiger partial charge is 0.396 e. The maximum absolute atomic E-state index is 12.3. The third-order valence-electron chi connectivity index (χ3n) is 3.17. The molecule has 2 rings (SSSR count). The molecular weight excluding hydrogens is 324 g/mol. The number of fused-ring (bicyclic) bond motifs is 1. The zero-order chi connectivity index (χ0) is 14.7. The number of aromatic nitrogens is 1. The highest BCUT2D eigenvalue weighted by Crippen LogP contribution is 2.23. The Hall–Kier alpha value is -1.18. The number of halogens is 1. The van der Waals surface area contributed by atoms with E-state index in [0.717, 1.165) is 23.6 Å². The molecule has 0 saturated carbocycles. The first-order valence-electron chi connectivity index (χ1n) is 6.67. The molecule has 3 N–H and O–H groups in total. The molecule has 6 nitrogen and oxygen atoms in total. The second-order valence-electron chi connectivity index (χ2n) is 4.61. The molecule has 0 aromatic carbocycles. The molecule has 1 aromatic rings. The summed E-state index contributed by atoms with van der Waals surface area (Å²) in [5.74, 6) is 0.755. The van der Waals surface area contributed by atoms with Crippen molar-refractivity contribution in [1.82, 2.24) is 9.88 Å². The molecule has 0 fully saturated rings. The number of pyridine rings is 1. The first-order valence-corrected chi connectivity index (χ1v) is 7.46. The standard InChI is InChI=1S/C13H19BrN4O2/c1-3-15-13-16-8(2)9-7-10(14)12(20)18(5-4-6-19)11(9)17-13/h7,13,15,17,19H,3-6H2,1-2H3. The monoisotopic (exact) mass is 342 g/mol. The van der Waals surface area contributed by atoms with Gasteiger partial charge in [0.15, 0.2) is 6.29 Å². The summed E-state index contributed by atoms with van der Waals surface area (Å²) in [7, 11) is 0. The number of aliphatic imine (C=N–C) groups is 1. The van der Waals surface area contributed by atoms with Gasteiger partial charge in [-0.2, -0.15) is 0 Å². The third-order valence-corrected chi connectivity index (χ3v) is 3.74. The van der Waals surface area contributed by atoms with Crippen LogP contribution in [0.1, 0.15) is 25.8 Å². The van der Waals surface area contributed by atoms with E-state index in [9.17, 15) is 4.79 Å². The number of anilines is 1. The molecule has 0 radical (unpaired) electrons. The van der Waals surface area contributed by atoms with Crippen LogP contribution in [-0.2, 0) is 6.54 Å². The summed E-state index contributed by atoms with van der Waals surface area (Å²) in [6, 6.07) is 1.79. The summed E-state index contributed by atoms with van der Waals surface area (Å²) in [6.07, 6.45) is 0.306. The average molecular weight is 343 g/mol. The summed E-state index contributed by atoms with van der Waals surface area (Å²) in [5, 5.41) is 15.4. The van der Waals surface area contributed by atoms with Crippen molar-refractivity contribution in [3.63, 3.8) is 0 Å². The molecule has 110 valence electrons. The molecule has 2 heterocycles. The minimum Gasteiger partial charge on any atom is -0.396 e. The zero-order valence-electron chi connectivity index (χ0n) is 11.6. The van der Waals surface area contributed by atoms with Gasteiger partial charge in [0.05, 0.1) is 4.47 Å². The van der Waals surface area contributed by atoms with Gasteiger partial charge in [0.2, 0.25) is 0 Å². The lowest BCUT2D eigenvalue weighted by Gasteiger charge is -2.27. The Morgan fingerprint density at radius 3 is 3.00 bits per heavy atom. The number of rotatable bonds is 5. The van der Waals surface area contributed by atoms with Crippen LogP contribution in [0.4, 0.5) is 5.82 Å². The van der Waals surface area contributed by atoms with Crippen LogP contribution in [0, 0.1) is 0 Å². The van der Waals surface area contributed by atoms with Crippen LogP contribution in [0.5, 0.6) is 0 Å². The molecular formula is C13H19BrN4O2. The maximum Gasteiger partial charge on any atom is 0.266 e. The summed E-state index contributed by atoms with van der Waals surface area (Å²) in [5.41, 5.74) is 1.68. The van der Waals surface area contributed by atoms with E-state index in [4.69, 9.17) is 5.11 Å². The summed E-state index contributed by atoms with van der Waals surface area (Å²) in [6.45, 7) is 5.23. The maximum atomic E-state index is 12.3. The van der Waals surface area contributed by atoms with Gasteiger partial charge in [-0.25, -0.2) is 4.99 Å². The van der Waals surface area contributed by atoms with Gasteiger partial charge in [-0.1, -0.05) is 6.92 Å². The molecule has 1 unspecified atom stereocenters. The Labute approximate surface area is 126 Å². The van der Waals surface area contributed by atoms with Crippen LogP contribution in [0.15, 0.2) is 20.3 Å². The molecule has 0 saturated heterocycles. The van der Waals surface area contributed by atoms with E-state index >= 15 is 0 Å². The van der Waals surface area contributed by atoms with Gasteiger partial charge in [0.1, 0.15) is 5.82 Å². The number of aliphatic hydroxyl groups excluding tert-OH is 1.